The summed E-state index contributed by atoms with van der Waals surface area (Å²) >= 11 is 0. The summed E-state index contributed by atoms with van der Waals surface area (Å²) in [5.74, 6) is -2.48. The second-order valence-electron chi connectivity index (χ2n) is 12.2. The van der Waals surface area contributed by atoms with E-state index in [4.69, 9.17) is 4.74 Å². The lowest BCUT2D eigenvalue weighted by molar-refractivity contribution is -0.127. The van der Waals surface area contributed by atoms with Crippen LogP contribution in [0.4, 0.5) is 18.4 Å². The molecule has 0 bridgehead atoms. The van der Waals surface area contributed by atoms with Gasteiger partial charge < -0.3 is 20.3 Å². The molecule has 0 radical (unpaired) electrons. The van der Waals surface area contributed by atoms with E-state index >= 15 is 0 Å². The van der Waals surface area contributed by atoms with Gasteiger partial charge in [0.25, 0.3) is 0 Å². The number of piperidine rings is 1. The minimum Gasteiger partial charge on any atom is -0.443 e. The van der Waals surface area contributed by atoms with Crippen molar-refractivity contribution in [2.75, 3.05) is 13.1 Å². The summed E-state index contributed by atoms with van der Waals surface area (Å²) < 4.78 is 32.2. The quantitative estimate of drug-likeness (QED) is 0.550. The number of hydrogen-bond donors (Lipinski definition) is 2. The first kappa shape index (κ1) is 27.1. The molecule has 37 heavy (non-hydrogen) atoms. The van der Waals surface area contributed by atoms with Crippen molar-refractivity contribution in [2.45, 2.75) is 84.0 Å². The predicted molar refractivity (Wildman–Crippen MR) is 126 cm³/mol. The average molecular weight is 524 g/mol. The number of nitrogens with one attached hydrogen (secondary N) is 2. The number of amides is 5. The van der Waals surface area contributed by atoms with Gasteiger partial charge in [-0.05, 0) is 57.3 Å². The highest BCUT2D eigenvalue weighted by Gasteiger charge is 2.70. The number of nitriles is 1. The van der Waals surface area contributed by atoms with E-state index in [1.54, 1.807) is 20.8 Å². The first-order chi connectivity index (χ1) is 17.2. The molecule has 4 rings (SSSR count). The number of fused-ring (bicyclic) bond motifs is 1. The van der Waals surface area contributed by atoms with Crippen LogP contribution in [0.25, 0.3) is 0 Å². The van der Waals surface area contributed by atoms with Gasteiger partial charge in [-0.3, -0.25) is 9.59 Å². The number of imide groups is 1. The lowest BCUT2D eigenvalue weighted by Crippen LogP contribution is -2.57. The fourth-order valence-corrected chi connectivity index (χ4v) is 5.91. The normalized spacial score (nSPS) is 32.2. The summed E-state index contributed by atoms with van der Waals surface area (Å²) in [4.78, 5) is 54.1. The molecule has 2 aliphatic heterocycles. The molecule has 2 N–H and O–H groups in total. The van der Waals surface area contributed by atoms with Crippen LogP contribution in [-0.2, 0) is 14.3 Å². The number of ether oxygens (including phenoxy) is 1. The van der Waals surface area contributed by atoms with Gasteiger partial charge >= 0.3 is 12.1 Å². The average Bonchev–Trinajstić information content (AvgIpc) is 3.50. The molecule has 12 heteroatoms. The summed E-state index contributed by atoms with van der Waals surface area (Å²) in [7, 11) is 0. The van der Waals surface area contributed by atoms with Gasteiger partial charge in [-0.25, -0.2) is 23.3 Å². The predicted octanol–water partition coefficient (Wildman–Crippen LogP) is 2.49. The monoisotopic (exact) mass is 523 g/mol. The second kappa shape index (κ2) is 9.40. The summed E-state index contributed by atoms with van der Waals surface area (Å²) in [6, 6.07) is -1.74. The maximum absolute atomic E-state index is 13.7. The maximum Gasteiger partial charge on any atom is 0.418 e. The van der Waals surface area contributed by atoms with Crippen molar-refractivity contribution in [1.82, 2.24) is 20.4 Å². The van der Waals surface area contributed by atoms with Crippen LogP contribution in [0.2, 0.25) is 0 Å². The van der Waals surface area contributed by atoms with Crippen LogP contribution in [0.1, 0.15) is 53.9 Å². The zero-order chi connectivity index (χ0) is 27.4. The molecule has 204 valence electrons. The highest BCUT2D eigenvalue weighted by molar-refractivity contribution is 5.96. The Labute approximate surface area is 215 Å². The van der Waals surface area contributed by atoms with Crippen LogP contribution in [0, 0.1) is 40.4 Å². The number of halogens is 2. The Bertz CT molecular complexity index is 1020. The summed E-state index contributed by atoms with van der Waals surface area (Å²) in [6.07, 6.45) is -3.04. The fourth-order valence-electron chi connectivity index (χ4n) is 5.91. The highest BCUT2D eigenvalue weighted by atomic mass is 19.3. The molecule has 7 atom stereocenters. The minimum absolute atomic E-state index is 0.0149. The van der Waals surface area contributed by atoms with Crippen molar-refractivity contribution in [3.05, 3.63) is 0 Å². The molecule has 4 fully saturated rings. The Morgan fingerprint density at radius 1 is 1.32 bits per heavy atom. The Hall–Kier alpha value is -2.97. The molecular formula is C25H35F2N5O5. The van der Waals surface area contributed by atoms with Crippen molar-refractivity contribution >= 4 is 23.9 Å². The van der Waals surface area contributed by atoms with Crippen LogP contribution < -0.4 is 10.6 Å². The fraction of sp³-hybridized carbons (Fsp3) is 0.800. The van der Waals surface area contributed by atoms with E-state index in [2.05, 4.69) is 10.6 Å². The first-order valence-corrected chi connectivity index (χ1v) is 12.8. The lowest BCUT2D eigenvalue weighted by Gasteiger charge is -2.35. The topological polar surface area (TPSA) is 132 Å². The molecule has 2 saturated heterocycles. The van der Waals surface area contributed by atoms with Crippen molar-refractivity contribution in [3.63, 3.8) is 0 Å². The van der Waals surface area contributed by atoms with Gasteiger partial charge in [0, 0.05) is 24.9 Å². The molecule has 4 aliphatic rings. The number of nitrogens with zero attached hydrogens (tertiary/aromatic N) is 3. The zero-order valence-corrected chi connectivity index (χ0v) is 21.8. The number of rotatable bonds is 6. The molecule has 5 amide bonds. The van der Waals surface area contributed by atoms with Gasteiger partial charge in [0.1, 0.15) is 17.7 Å². The van der Waals surface area contributed by atoms with Gasteiger partial charge in [0.2, 0.25) is 18.2 Å². The molecule has 0 aromatic heterocycles. The Morgan fingerprint density at radius 3 is 2.51 bits per heavy atom. The molecule has 0 spiro atoms. The number of hydrogen-bond acceptors (Lipinski definition) is 6. The third kappa shape index (κ3) is 5.22. The van der Waals surface area contributed by atoms with Gasteiger partial charge in [-0.1, -0.05) is 13.8 Å². The van der Waals surface area contributed by atoms with Gasteiger partial charge in [0.15, 0.2) is 0 Å². The van der Waals surface area contributed by atoms with Crippen molar-refractivity contribution in [2.24, 2.45) is 29.1 Å². The van der Waals surface area contributed by atoms with E-state index in [9.17, 15) is 33.2 Å². The molecular weight excluding hydrogens is 488 g/mol. The van der Waals surface area contributed by atoms with E-state index in [1.165, 1.54) is 4.90 Å². The van der Waals surface area contributed by atoms with Gasteiger partial charge in [0.05, 0.1) is 12.1 Å². The Balaban J connectivity index is 1.54. The van der Waals surface area contributed by atoms with E-state index in [-0.39, 0.29) is 48.5 Å². The second-order valence-corrected chi connectivity index (χ2v) is 12.2. The minimum atomic E-state index is -2.70. The smallest absolute Gasteiger partial charge is 0.418 e. The summed E-state index contributed by atoms with van der Waals surface area (Å²) in [6.45, 7) is 9.50. The van der Waals surface area contributed by atoms with E-state index < -0.39 is 54.1 Å². The summed E-state index contributed by atoms with van der Waals surface area (Å²) in [5.41, 5.74) is -1.20. The lowest BCUT2D eigenvalue weighted by atomic mass is 9.97. The van der Waals surface area contributed by atoms with Crippen LogP contribution in [0.3, 0.4) is 0 Å². The third-order valence-electron chi connectivity index (χ3n) is 8.13. The van der Waals surface area contributed by atoms with Gasteiger partial charge in [-0.2, -0.15) is 5.26 Å². The number of urea groups is 1. The molecule has 2 aliphatic carbocycles. The molecule has 10 nitrogen and oxygen atoms in total. The number of alkyl halides is 2. The van der Waals surface area contributed by atoms with Crippen LogP contribution in [-0.4, -0.2) is 77.0 Å². The SMILES string of the molecule is CC(C)(C)OC(=O)N(C(=O)N1C[C@H]2[C@@H]([C@H]1C(=O)N[C@H](C#N)C[C@@H]1CCNC1=O)C2(C)C)[C@@H]1C[C@H]1C(F)F. The number of carbonyl (C=O) groups is 4. The molecule has 0 aromatic carbocycles. The Morgan fingerprint density at radius 2 is 2.00 bits per heavy atom. The maximum atomic E-state index is 13.7. The van der Waals surface area contributed by atoms with E-state index in [0.717, 1.165) is 4.90 Å². The molecule has 0 aromatic rings. The van der Waals surface area contributed by atoms with E-state index in [0.29, 0.717) is 13.0 Å². The van der Waals surface area contributed by atoms with Crippen LogP contribution in [0.15, 0.2) is 0 Å². The standard InChI is InChI=1S/C25H35F2N5O5/c1-24(2,3)37-23(36)32(16-9-14(16)19(26)27)22(35)31-11-15-17(25(15,4)5)18(31)21(34)30-13(10-28)8-12-6-7-29-20(12)33/h12-19H,6-9,11H2,1-5H3,(H,29,33)(H,30,34)/t12-,13-,14+,15-,16+,17-,18-/m0/s1. The van der Waals surface area contributed by atoms with E-state index in [1.807, 2.05) is 19.9 Å². The number of carbonyl (C=O) groups excluding carboxylic acids is 4. The Kier molecular flexibility index (Phi) is 6.88. The highest BCUT2D eigenvalue weighted by Crippen LogP contribution is 2.65. The van der Waals surface area contributed by atoms with Crippen molar-refractivity contribution < 1.29 is 32.7 Å². The molecule has 2 heterocycles. The first-order valence-electron chi connectivity index (χ1n) is 12.8. The van der Waals surface area contributed by atoms with Crippen LogP contribution >= 0.6 is 0 Å². The largest absolute Gasteiger partial charge is 0.443 e. The zero-order valence-electron chi connectivity index (χ0n) is 21.8. The summed E-state index contributed by atoms with van der Waals surface area (Å²) in [5, 5.41) is 15.0. The van der Waals surface area contributed by atoms with Gasteiger partial charge in [-0.15, -0.1) is 0 Å². The van der Waals surface area contributed by atoms with Crippen LogP contribution in [0.5, 0.6) is 0 Å². The van der Waals surface area contributed by atoms with Crippen molar-refractivity contribution in [3.8, 4) is 6.07 Å². The van der Waals surface area contributed by atoms with Crippen molar-refractivity contribution in [1.29, 1.82) is 5.26 Å². The molecule has 0 unspecified atom stereocenters. The molecule has 2 saturated carbocycles. The number of likely N-dealkylation sites (tertiary alicyclic amines) is 1. The third-order valence-corrected chi connectivity index (χ3v) is 8.13.